The van der Waals surface area contributed by atoms with Gasteiger partial charge in [-0.2, -0.15) is 4.91 Å². The fourth-order valence-corrected chi connectivity index (χ4v) is 1.42. The van der Waals surface area contributed by atoms with Gasteiger partial charge in [0, 0.05) is 5.56 Å². The second-order valence-electron chi connectivity index (χ2n) is 2.79. The molecule has 2 rings (SSSR count). The Kier molecular flexibility index (Phi) is 1.81. The van der Waals surface area contributed by atoms with Crippen molar-refractivity contribution in [2.75, 3.05) is 6.54 Å². The number of nitrogens with zero attached hydrogens (tertiary/aromatic N) is 1. The highest BCUT2D eigenvalue weighted by Crippen LogP contribution is 2.30. The van der Waals surface area contributed by atoms with Crippen molar-refractivity contribution in [2.24, 2.45) is 5.18 Å². The standard InChI is InChI=1S/C9H7NO3/c11-9-7-4-2-1-3-6(7)8(13-9)5-10-12/h1-4,8H,5H2/t8-/m1/s1. The summed E-state index contributed by atoms with van der Waals surface area (Å²) in [6.45, 7) is -0.0112. The molecule has 0 unspecified atom stereocenters. The van der Waals surface area contributed by atoms with Crippen LogP contribution in [0, 0.1) is 4.91 Å². The van der Waals surface area contributed by atoms with Gasteiger partial charge in [-0.3, -0.25) is 0 Å². The molecule has 0 saturated heterocycles. The minimum Gasteiger partial charge on any atom is -0.452 e. The predicted octanol–water partition coefficient (Wildman–Crippen LogP) is 1.66. The average molecular weight is 177 g/mol. The van der Waals surface area contributed by atoms with Crippen LogP contribution in [0.5, 0.6) is 0 Å². The summed E-state index contributed by atoms with van der Waals surface area (Å²) in [5.74, 6) is -0.371. The zero-order chi connectivity index (χ0) is 9.26. The lowest BCUT2D eigenvalue weighted by molar-refractivity contribution is 0.0403. The molecule has 1 aliphatic rings. The highest BCUT2D eigenvalue weighted by atomic mass is 16.5. The molecule has 1 aromatic rings. The molecule has 1 heterocycles. The number of fused-ring (bicyclic) bond motifs is 1. The lowest BCUT2D eigenvalue weighted by Crippen LogP contribution is -2.01. The number of hydrogen-bond acceptors (Lipinski definition) is 4. The van der Waals surface area contributed by atoms with Crippen LogP contribution in [-0.4, -0.2) is 12.5 Å². The number of rotatable bonds is 2. The van der Waals surface area contributed by atoms with Crippen LogP contribution in [0.3, 0.4) is 0 Å². The van der Waals surface area contributed by atoms with E-state index in [1.807, 2.05) is 0 Å². The van der Waals surface area contributed by atoms with Gasteiger partial charge >= 0.3 is 5.97 Å². The van der Waals surface area contributed by atoms with E-state index in [1.54, 1.807) is 24.3 Å². The van der Waals surface area contributed by atoms with Gasteiger partial charge in [0.25, 0.3) is 0 Å². The third kappa shape index (κ3) is 1.20. The first-order valence-corrected chi connectivity index (χ1v) is 3.92. The Morgan fingerprint density at radius 2 is 2.15 bits per heavy atom. The summed E-state index contributed by atoms with van der Waals surface area (Å²) in [6.07, 6.45) is -0.485. The zero-order valence-electron chi connectivity index (χ0n) is 6.77. The van der Waals surface area contributed by atoms with E-state index in [2.05, 4.69) is 5.18 Å². The summed E-state index contributed by atoms with van der Waals surface area (Å²) in [5.41, 5.74) is 1.29. The smallest absolute Gasteiger partial charge is 0.339 e. The van der Waals surface area contributed by atoms with E-state index in [-0.39, 0.29) is 12.5 Å². The molecule has 4 nitrogen and oxygen atoms in total. The molecule has 66 valence electrons. The van der Waals surface area contributed by atoms with Crippen LogP contribution in [0.4, 0.5) is 0 Å². The predicted molar refractivity (Wildman–Crippen MR) is 45.3 cm³/mol. The van der Waals surface area contributed by atoms with Crippen molar-refractivity contribution in [3.05, 3.63) is 40.3 Å². The highest BCUT2D eigenvalue weighted by Gasteiger charge is 2.30. The Morgan fingerprint density at radius 3 is 2.92 bits per heavy atom. The minimum absolute atomic E-state index is 0.0112. The van der Waals surface area contributed by atoms with Gasteiger partial charge in [0.1, 0.15) is 6.54 Å². The van der Waals surface area contributed by atoms with E-state index in [0.29, 0.717) is 5.56 Å². The van der Waals surface area contributed by atoms with Crippen LogP contribution in [-0.2, 0) is 4.74 Å². The fraction of sp³-hybridized carbons (Fsp3) is 0.222. The first kappa shape index (κ1) is 7.91. The molecule has 1 aromatic carbocycles. The van der Waals surface area contributed by atoms with Crippen molar-refractivity contribution in [2.45, 2.75) is 6.10 Å². The maximum Gasteiger partial charge on any atom is 0.339 e. The van der Waals surface area contributed by atoms with E-state index in [9.17, 15) is 9.70 Å². The van der Waals surface area contributed by atoms with Crippen LogP contribution in [0.15, 0.2) is 29.4 Å². The van der Waals surface area contributed by atoms with Gasteiger partial charge in [-0.25, -0.2) is 4.79 Å². The molecule has 13 heavy (non-hydrogen) atoms. The summed E-state index contributed by atoms with van der Waals surface area (Å²) in [4.78, 5) is 21.2. The topological polar surface area (TPSA) is 55.7 Å². The Balaban J connectivity index is 2.41. The summed E-state index contributed by atoms with van der Waals surface area (Å²) < 4.78 is 4.94. The molecule has 0 aromatic heterocycles. The number of cyclic esters (lactones) is 1. The third-order valence-electron chi connectivity index (χ3n) is 2.02. The van der Waals surface area contributed by atoms with Gasteiger partial charge in [-0.15, -0.1) is 0 Å². The van der Waals surface area contributed by atoms with E-state index >= 15 is 0 Å². The normalized spacial score (nSPS) is 19.4. The number of carbonyl (C=O) groups excluding carboxylic acids is 1. The molecule has 0 spiro atoms. The Bertz CT molecular complexity index is 362. The molecule has 0 bridgehead atoms. The van der Waals surface area contributed by atoms with Crippen LogP contribution in [0.2, 0.25) is 0 Å². The summed E-state index contributed by atoms with van der Waals surface area (Å²) in [7, 11) is 0. The van der Waals surface area contributed by atoms with Gasteiger partial charge in [-0.05, 0) is 6.07 Å². The fourth-order valence-electron chi connectivity index (χ4n) is 1.42. The molecular formula is C9H7NO3. The zero-order valence-corrected chi connectivity index (χ0v) is 6.77. The van der Waals surface area contributed by atoms with E-state index in [0.717, 1.165) is 5.56 Å². The number of nitroso groups, excluding NO2 is 1. The molecule has 0 amide bonds. The number of ether oxygens (including phenoxy) is 1. The van der Waals surface area contributed by atoms with Crippen LogP contribution in [0.1, 0.15) is 22.0 Å². The molecule has 1 atom stereocenters. The van der Waals surface area contributed by atoms with Crippen molar-refractivity contribution in [1.29, 1.82) is 0 Å². The van der Waals surface area contributed by atoms with Gasteiger partial charge in [-0.1, -0.05) is 23.4 Å². The molecule has 0 radical (unpaired) electrons. The number of hydrogen-bond donors (Lipinski definition) is 0. The van der Waals surface area contributed by atoms with Crippen molar-refractivity contribution in [3.63, 3.8) is 0 Å². The van der Waals surface area contributed by atoms with Crippen molar-refractivity contribution in [3.8, 4) is 0 Å². The Morgan fingerprint density at radius 1 is 1.38 bits per heavy atom. The number of benzene rings is 1. The van der Waals surface area contributed by atoms with Crippen molar-refractivity contribution in [1.82, 2.24) is 0 Å². The second kappa shape index (κ2) is 2.97. The van der Waals surface area contributed by atoms with Gasteiger partial charge in [0.2, 0.25) is 0 Å². The second-order valence-corrected chi connectivity index (χ2v) is 2.79. The summed E-state index contributed by atoms with van der Waals surface area (Å²) >= 11 is 0. The lowest BCUT2D eigenvalue weighted by Gasteiger charge is -2.03. The van der Waals surface area contributed by atoms with Gasteiger partial charge in [0.15, 0.2) is 6.10 Å². The van der Waals surface area contributed by atoms with Crippen LogP contribution < -0.4 is 0 Å². The van der Waals surface area contributed by atoms with E-state index < -0.39 is 6.10 Å². The average Bonchev–Trinajstić information content (AvgIpc) is 2.46. The summed E-state index contributed by atoms with van der Waals surface area (Å²) in [6, 6.07) is 7.02. The molecule has 0 saturated carbocycles. The number of esters is 1. The largest absolute Gasteiger partial charge is 0.452 e. The highest BCUT2D eigenvalue weighted by molar-refractivity contribution is 5.93. The first-order chi connectivity index (χ1) is 6.33. The number of carbonyl (C=O) groups is 1. The van der Waals surface area contributed by atoms with Crippen molar-refractivity contribution >= 4 is 5.97 Å². The van der Waals surface area contributed by atoms with E-state index in [1.165, 1.54) is 0 Å². The SMILES string of the molecule is O=NC[C@H]1OC(=O)c2ccccc21. The molecule has 0 N–H and O–H groups in total. The van der Waals surface area contributed by atoms with Crippen molar-refractivity contribution < 1.29 is 9.53 Å². The Hall–Kier alpha value is -1.71. The van der Waals surface area contributed by atoms with Gasteiger partial charge < -0.3 is 4.74 Å². The van der Waals surface area contributed by atoms with Crippen LogP contribution in [0.25, 0.3) is 0 Å². The summed E-state index contributed by atoms with van der Waals surface area (Å²) in [5, 5.41) is 2.72. The third-order valence-corrected chi connectivity index (χ3v) is 2.02. The lowest BCUT2D eigenvalue weighted by atomic mass is 10.1. The minimum atomic E-state index is -0.485. The maximum absolute atomic E-state index is 11.2. The van der Waals surface area contributed by atoms with Crippen LogP contribution >= 0.6 is 0 Å². The first-order valence-electron chi connectivity index (χ1n) is 3.92. The molecule has 1 aliphatic heterocycles. The molecule has 0 aliphatic carbocycles. The maximum atomic E-state index is 11.2. The monoisotopic (exact) mass is 177 g/mol. The van der Waals surface area contributed by atoms with E-state index in [4.69, 9.17) is 4.74 Å². The Labute approximate surface area is 74.5 Å². The van der Waals surface area contributed by atoms with Gasteiger partial charge in [0.05, 0.1) is 5.56 Å². The molecule has 0 fully saturated rings. The quantitative estimate of drug-likeness (QED) is 0.510. The molecular weight excluding hydrogens is 170 g/mol. The molecule has 4 heteroatoms.